The van der Waals surface area contributed by atoms with Crippen LogP contribution in [0.25, 0.3) is 38.6 Å². The van der Waals surface area contributed by atoms with E-state index < -0.39 is 12.5 Å². The first-order valence-electron chi connectivity index (χ1n) is 9.34. The van der Waals surface area contributed by atoms with E-state index in [4.69, 9.17) is 14.2 Å². The molecule has 7 heteroatoms. The lowest BCUT2D eigenvalue weighted by Crippen LogP contribution is -2.28. The molecule has 0 saturated carbocycles. The van der Waals surface area contributed by atoms with E-state index in [2.05, 4.69) is 15.0 Å². The number of allylic oxidation sites excluding steroid dienone is 1. The molecule has 5 rings (SSSR count). The summed E-state index contributed by atoms with van der Waals surface area (Å²) in [5.41, 5.74) is 16.8. The molecule has 1 atom stereocenters. The fourth-order valence-electron chi connectivity index (χ4n) is 3.66. The number of aromatic nitrogens is 4. The van der Waals surface area contributed by atoms with E-state index in [1.807, 2.05) is 37.3 Å². The number of fused-ring (bicyclic) bond motifs is 4. The number of anilines is 1. The summed E-state index contributed by atoms with van der Waals surface area (Å²) in [6.07, 6.45) is 4.88. The predicted molar refractivity (Wildman–Crippen MR) is 112 cm³/mol. The predicted octanol–water partition coefficient (Wildman–Crippen LogP) is 3.39. The first-order valence-corrected chi connectivity index (χ1v) is 8.34. The maximum absolute atomic E-state index is 8.61. The van der Waals surface area contributed by atoms with Gasteiger partial charge in [-0.05, 0) is 24.6 Å². The van der Waals surface area contributed by atoms with Gasteiger partial charge in [-0.2, -0.15) is 0 Å². The van der Waals surface area contributed by atoms with Gasteiger partial charge in [-0.15, -0.1) is 12.4 Å². The van der Waals surface area contributed by atoms with Crippen LogP contribution in [0.15, 0.2) is 48.9 Å². The molecule has 6 nitrogen and oxygen atoms in total. The maximum atomic E-state index is 8.61. The summed E-state index contributed by atoms with van der Waals surface area (Å²) in [6.45, 7) is 0.0673. The SMILES string of the molecule is Cl.[2H]C1([2H])[C@@H](N)C=C(C)c2c(-c3cnc4ccccc4c3)c3c(N)ncnc3n21. The Morgan fingerprint density at radius 2 is 2.04 bits per heavy atom. The Bertz CT molecular complexity index is 1300. The zero-order chi connectivity index (χ0) is 19.6. The lowest BCUT2D eigenvalue weighted by Gasteiger charge is -2.21. The molecule has 1 aliphatic heterocycles. The topological polar surface area (TPSA) is 95.6 Å². The first kappa shape index (κ1) is 15.1. The molecule has 0 bridgehead atoms. The molecule has 0 aliphatic carbocycles. The van der Waals surface area contributed by atoms with Gasteiger partial charge >= 0.3 is 0 Å². The van der Waals surface area contributed by atoms with Crippen molar-refractivity contribution in [1.82, 2.24) is 19.5 Å². The molecular formula is C20H19ClN6. The number of hydrogen-bond donors (Lipinski definition) is 2. The molecule has 4 heterocycles. The van der Waals surface area contributed by atoms with Crippen LogP contribution in [0.5, 0.6) is 0 Å². The minimum atomic E-state index is -1.85. The van der Waals surface area contributed by atoms with Crippen molar-refractivity contribution in [1.29, 1.82) is 0 Å². The molecule has 0 unspecified atom stereocenters. The Labute approximate surface area is 165 Å². The normalized spacial score (nSPS) is 19.0. The van der Waals surface area contributed by atoms with E-state index in [9.17, 15) is 0 Å². The van der Waals surface area contributed by atoms with Crippen molar-refractivity contribution in [3.63, 3.8) is 0 Å². The zero-order valence-corrected chi connectivity index (χ0v) is 15.4. The van der Waals surface area contributed by atoms with Crippen LogP contribution in [0.3, 0.4) is 0 Å². The number of rotatable bonds is 1. The average Bonchev–Trinajstić information content (AvgIpc) is 3.04. The van der Waals surface area contributed by atoms with E-state index in [0.29, 0.717) is 22.5 Å². The largest absolute Gasteiger partial charge is 0.383 e. The Kier molecular flexibility index (Phi) is 3.55. The van der Waals surface area contributed by atoms with Crippen molar-refractivity contribution in [3.8, 4) is 11.1 Å². The van der Waals surface area contributed by atoms with Crippen LogP contribution < -0.4 is 11.5 Å². The van der Waals surface area contributed by atoms with E-state index in [0.717, 1.165) is 27.6 Å². The van der Waals surface area contributed by atoms with Gasteiger partial charge in [0.25, 0.3) is 0 Å². The summed E-state index contributed by atoms with van der Waals surface area (Å²) in [6, 6.07) is 9.08. The smallest absolute Gasteiger partial charge is 0.146 e. The highest BCUT2D eigenvalue weighted by molar-refractivity contribution is 6.06. The number of nitrogens with two attached hydrogens (primary N) is 2. The van der Waals surface area contributed by atoms with Crippen LogP contribution in [0.2, 0.25) is 0 Å². The molecule has 0 radical (unpaired) electrons. The zero-order valence-electron chi connectivity index (χ0n) is 16.5. The van der Waals surface area contributed by atoms with Gasteiger partial charge < -0.3 is 16.0 Å². The highest BCUT2D eigenvalue weighted by Gasteiger charge is 2.26. The number of para-hydroxylation sites is 1. The third-order valence-electron chi connectivity index (χ3n) is 4.74. The van der Waals surface area contributed by atoms with Gasteiger partial charge in [0.2, 0.25) is 0 Å². The monoisotopic (exact) mass is 380 g/mol. The molecule has 0 fully saturated rings. The average molecular weight is 381 g/mol. The second-order valence-corrected chi connectivity index (χ2v) is 6.44. The van der Waals surface area contributed by atoms with Crippen LogP contribution in [0, 0.1) is 0 Å². The molecule has 4 aromatic rings. The summed E-state index contributed by atoms with van der Waals surface area (Å²) >= 11 is 0. The van der Waals surface area contributed by atoms with Crippen LogP contribution in [-0.2, 0) is 6.50 Å². The van der Waals surface area contributed by atoms with Gasteiger partial charge in [0.1, 0.15) is 17.8 Å². The second-order valence-electron chi connectivity index (χ2n) is 6.44. The van der Waals surface area contributed by atoms with E-state index >= 15 is 0 Å². The maximum Gasteiger partial charge on any atom is 0.146 e. The highest BCUT2D eigenvalue weighted by atomic mass is 35.5. The van der Waals surface area contributed by atoms with Crippen molar-refractivity contribution in [3.05, 3.63) is 54.6 Å². The Morgan fingerprint density at radius 3 is 2.89 bits per heavy atom. The van der Waals surface area contributed by atoms with E-state index in [1.54, 1.807) is 16.8 Å². The molecule has 136 valence electrons. The summed E-state index contributed by atoms with van der Waals surface area (Å²) in [4.78, 5) is 13.1. The molecule has 1 aromatic carbocycles. The number of pyridine rings is 1. The molecule has 0 spiro atoms. The molecule has 27 heavy (non-hydrogen) atoms. The first-order chi connectivity index (χ1) is 13.4. The Balaban J connectivity index is 0.00000205. The van der Waals surface area contributed by atoms with Gasteiger partial charge in [0, 0.05) is 35.2 Å². The van der Waals surface area contributed by atoms with Gasteiger partial charge in [-0.3, -0.25) is 4.98 Å². The third kappa shape index (κ3) is 2.57. The lowest BCUT2D eigenvalue weighted by atomic mass is 9.97. The summed E-state index contributed by atoms with van der Waals surface area (Å²) in [7, 11) is 0. The number of halogens is 1. The quantitative estimate of drug-likeness (QED) is 0.527. The Hall–Kier alpha value is -2.96. The summed E-state index contributed by atoms with van der Waals surface area (Å²) in [5, 5.41) is 1.60. The fraction of sp³-hybridized carbons (Fsp3) is 0.150. The summed E-state index contributed by atoms with van der Waals surface area (Å²) < 4.78 is 18.8. The fourth-order valence-corrected chi connectivity index (χ4v) is 3.66. The minimum absolute atomic E-state index is 0. The third-order valence-corrected chi connectivity index (χ3v) is 4.74. The van der Waals surface area contributed by atoms with Crippen LogP contribution in [0.1, 0.15) is 15.4 Å². The standard InChI is InChI=1S/C20H18N6.ClH/c1-11-6-14(21)9-26-18(11)16(17-19(22)24-10-25-20(17)26)13-7-12-4-2-3-5-15(12)23-8-13;/h2-8,10,14H,9,21H2,1H3,(H2,22,24,25);1H/t14-;/m0./s1/i9D2;. The van der Waals surface area contributed by atoms with E-state index in [1.165, 1.54) is 6.33 Å². The molecule has 3 aromatic heterocycles. The van der Waals surface area contributed by atoms with Gasteiger partial charge in [-0.1, -0.05) is 24.3 Å². The molecule has 4 N–H and O–H groups in total. The Morgan fingerprint density at radius 1 is 1.22 bits per heavy atom. The second kappa shape index (κ2) is 6.33. The number of nitrogens with zero attached hydrogens (tertiary/aromatic N) is 4. The van der Waals surface area contributed by atoms with Crippen molar-refractivity contribution >= 4 is 45.7 Å². The van der Waals surface area contributed by atoms with Gasteiger partial charge in [0.15, 0.2) is 0 Å². The summed E-state index contributed by atoms with van der Waals surface area (Å²) in [5.74, 6) is 0.298. The van der Waals surface area contributed by atoms with Crippen LogP contribution in [0.4, 0.5) is 5.82 Å². The minimum Gasteiger partial charge on any atom is -0.383 e. The number of nitrogen functional groups attached to an aromatic ring is 1. The molecule has 0 saturated heterocycles. The van der Waals surface area contributed by atoms with Crippen molar-refractivity contribution in [2.45, 2.75) is 19.5 Å². The lowest BCUT2D eigenvalue weighted by molar-refractivity contribution is 0.625. The van der Waals surface area contributed by atoms with Crippen LogP contribution >= 0.6 is 12.4 Å². The van der Waals surface area contributed by atoms with Crippen molar-refractivity contribution < 1.29 is 2.74 Å². The molecule has 1 aliphatic rings. The number of hydrogen-bond acceptors (Lipinski definition) is 5. The van der Waals surface area contributed by atoms with Gasteiger partial charge in [0.05, 0.1) is 19.3 Å². The van der Waals surface area contributed by atoms with Crippen LogP contribution in [-0.4, -0.2) is 25.6 Å². The number of benzene rings is 1. The highest BCUT2D eigenvalue weighted by Crippen LogP contribution is 2.41. The van der Waals surface area contributed by atoms with Crippen molar-refractivity contribution in [2.75, 3.05) is 5.73 Å². The molecular weight excluding hydrogens is 360 g/mol. The van der Waals surface area contributed by atoms with Gasteiger partial charge in [-0.25, -0.2) is 9.97 Å². The molecule has 0 amide bonds. The van der Waals surface area contributed by atoms with E-state index in [-0.39, 0.29) is 12.4 Å². The van der Waals surface area contributed by atoms with Crippen molar-refractivity contribution in [2.24, 2.45) is 5.73 Å².